The fourth-order valence-corrected chi connectivity index (χ4v) is 2.29. The molecule has 2 amide bonds. The third kappa shape index (κ3) is 4.84. The lowest BCUT2D eigenvalue weighted by atomic mass is 10.2. The molecule has 0 fully saturated rings. The Morgan fingerprint density at radius 1 is 1.04 bits per heavy atom. The Morgan fingerprint density at radius 3 is 2.68 bits per heavy atom. The maximum atomic E-state index is 11.9. The van der Waals surface area contributed by atoms with Crippen LogP contribution in [0.3, 0.4) is 0 Å². The number of ether oxygens (including phenoxy) is 2. The van der Waals surface area contributed by atoms with Crippen LogP contribution in [0.4, 0.5) is 5.69 Å². The minimum atomic E-state index is -0.236. The Hall–Kier alpha value is -3.28. The number of hydrogen-bond donors (Lipinski definition) is 2. The Balaban J connectivity index is 1.40. The van der Waals surface area contributed by atoms with E-state index in [2.05, 4.69) is 10.6 Å². The van der Waals surface area contributed by atoms with Crippen molar-refractivity contribution in [1.29, 1.82) is 0 Å². The second kappa shape index (κ2) is 8.01. The fourth-order valence-electron chi connectivity index (χ4n) is 2.29. The first-order chi connectivity index (χ1) is 12.2. The summed E-state index contributed by atoms with van der Waals surface area (Å²) in [4.78, 5) is 23.6. The van der Waals surface area contributed by atoms with Gasteiger partial charge in [0.2, 0.25) is 18.6 Å². The van der Waals surface area contributed by atoms with Gasteiger partial charge in [0, 0.05) is 30.8 Å². The Bertz CT molecular complexity index is 787. The van der Waals surface area contributed by atoms with Crippen molar-refractivity contribution in [1.82, 2.24) is 5.32 Å². The van der Waals surface area contributed by atoms with Gasteiger partial charge < -0.3 is 20.1 Å². The smallest absolute Gasteiger partial charge is 0.244 e. The Kier molecular flexibility index (Phi) is 5.31. The number of amides is 2. The van der Waals surface area contributed by atoms with Crippen LogP contribution >= 0.6 is 0 Å². The highest BCUT2D eigenvalue weighted by atomic mass is 16.7. The molecule has 1 aliphatic heterocycles. The van der Waals surface area contributed by atoms with Crippen molar-refractivity contribution >= 4 is 23.6 Å². The predicted octanol–water partition coefficient (Wildman–Crippen LogP) is 2.57. The van der Waals surface area contributed by atoms with E-state index in [1.807, 2.05) is 30.3 Å². The van der Waals surface area contributed by atoms with E-state index >= 15 is 0 Å². The lowest BCUT2D eigenvalue weighted by Gasteiger charge is -2.06. The average molecular weight is 338 g/mol. The molecule has 25 heavy (non-hydrogen) atoms. The fraction of sp³-hybridized carbons (Fsp3) is 0.158. The molecule has 0 saturated heterocycles. The Morgan fingerprint density at radius 2 is 1.84 bits per heavy atom. The zero-order valence-electron chi connectivity index (χ0n) is 13.5. The van der Waals surface area contributed by atoms with Gasteiger partial charge in [-0.25, -0.2) is 0 Å². The second-order valence-corrected chi connectivity index (χ2v) is 5.40. The summed E-state index contributed by atoms with van der Waals surface area (Å²) in [5.74, 6) is 0.846. The van der Waals surface area contributed by atoms with Gasteiger partial charge >= 0.3 is 0 Å². The van der Waals surface area contributed by atoms with Gasteiger partial charge in [-0.2, -0.15) is 0 Å². The zero-order valence-corrected chi connectivity index (χ0v) is 13.5. The molecule has 0 atom stereocenters. The maximum Gasteiger partial charge on any atom is 0.244 e. The van der Waals surface area contributed by atoms with Crippen LogP contribution in [-0.4, -0.2) is 25.2 Å². The highest BCUT2D eigenvalue weighted by Crippen LogP contribution is 2.34. The summed E-state index contributed by atoms with van der Waals surface area (Å²) < 4.78 is 10.5. The van der Waals surface area contributed by atoms with Crippen LogP contribution in [-0.2, 0) is 9.59 Å². The molecule has 0 unspecified atom stereocenters. The van der Waals surface area contributed by atoms with Crippen LogP contribution in [0.2, 0.25) is 0 Å². The molecule has 1 aliphatic rings. The molecule has 3 rings (SSSR count). The molecule has 2 N–H and O–H groups in total. The SMILES string of the molecule is O=C(/C=C/c1ccccc1)NCCC(=O)Nc1ccc2c(c1)OCO2. The van der Waals surface area contributed by atoms with Crippen LogP contribution in [0.5, 0.6) is 11.5 Å². The van der Waals surface area contributed by atoms with Gasteiger partial charge in [0.05, 0.1) is 0 Å². The quantitative estimate of drug-likeness (QED) is 0.794. The van der Waals surface area contributed by atoms with Crippen LogP contribution < -0.4 is 20.1 Å². The molecule has 0 bridgehead atoms. The molecule has 6 heteroatoms. The number of nitrogens with one attached hydrogen (secondary N) is 2. The van der Waals surface area contributed by atoms with Gasteiger partial charge in [-0.05, 0) is 23.8 Å². The first-order valence-corrected chi connectivity index (χ1v) is 7.91. The second-order valence-electron chi connectivity index (χ2n) is 5.40. The van der Waals surface area contributed by atoms with Crippen LogP contribution in [0.1, 0.15) is 12.0 Å². The number of carbonyl (C=O) groups excluding carboxylic acids is 2. The summed E-state index contributed by atoms with van der Waals surface area (Å²) in [6, 6.07) is 14.7. The van der Waals surface area contributed by atoms with Crippen LogP contribution in [0.25, 0.3) is 6.08 Å². The van der Waals surface area contributed by atoms with Crippen molar-refractivity contribution in [3.05, 3.63) is 60.2 Å². The highest BCUT2D eigenvalue weighted by molar-refractivity contribution is 5.93. The number of hydrogen-bond acceptors (Lipinski definition) is 4. The van der Waals surface area contributed by atoms with E-state index in [-0.39, 0.29) is 31.6 Å². The molecule has 0 aliphatic carbocycles. The summed E-state index contributed by atoms with van der Waals surface area (Å²) in [5.41, 5.74) is 1.57. The van der Waals surface area contributed by atoms with Crippen LogP contribution in [0, 0.1) is 0 Å². The number of benzene rings is 2. The summed E-state index contributed by atoms with van der Waals surface area (Å²) in [6.45, 7) is 0.448. The zero-order chi connectivity index (χ0) is 17.5. The summed E-state index contributed by atoms with van der Waals surface area (Å²) in [6.07, 6.45) is 3.35. The van der Waals surface area contributed by atoms with Crippen molar-refractivity contribution in [3.8, 4) is 11.5 Å². The van der Waals surface area contributed by atoms with Crippen molar-refractivity contribution in [3.63, 3.8) is 0 Å². The van der Waals surface area contributed by atoms with Gasteiger partial charge in [-0.3, -0.25) is 9.59 Å². The first-order valence-electron chi connectivity index (χ1n) is 7.91. The van der Waals surface area contributed by atoms with Gasteiger partial charge in [-0.1, -0.05) is 30.3 Å². The van der Waals surface area contributed by atoms with Gasteiger partial charge in [0.1, 0.15) is 0 Å². The standard InChI is InChI=1S/C19H18N2O4/c22-18(9-6-14-4-2-1-3-5-14)20-11-10-19(23)21-15-7-8-16-17(12-15)25-13-24-16/h1-9,12H,10-11,13H2,(H,20,22)(H,21,23)/b9-6+. The van der Waals surface area contributed by atoms with Gasteiger partial charge in [0.25, 0.3) is 0 Å². The van der Waals surface area contributed by atoms with Crippen molar-refractivity contribution in [2.24, 2.45) is 0 Å². The number of anilines is 1. The lowest BCUT2D eigenvalue weighted by Crippen LogP contribution is -2.26. The molecular weight excluding hydrogens is 320 g/mol. The summed E-state index contributed by atoms with van der Waals surface area (Å²) in [7, 11) is 0. The predicted molar refractivity (Wildman–Crippen MR) is 94.3 cm³/mol. The normalized spacial score (nSPS) is 12.2. The number of carbonyl (C=O) groups is 2. The minimum absolute atomic E-state index is 0.180. The molecule has 0 aromatic heterocycles. The van der Waals surface area contributed by atoms with Gasteiger partial charge in [-0.15, -0.1) is 0 Å². The van der Waals surface area contributed by atoms with E-state index in [9.17, 15) is 9.59 Å². The lowest BCUT2D eigenvalue weighted by molar-refractivity contribution is -0.117. The first kappa shape index (κ1) is 16.6. The molecule has 6 nitrogen and oxygen atoms in total. The van der Waals surface area contributed by atoms with E-state index in [0.717, 1.165) is 5.56 Å². The third-order valence-electron chi connectivity index (χ3n) is 3.53. The summed E-state index contributed by atoms with van der Waals surface area (Å²) in [5, 5.41) is 5.44. The molecule has 0 saturated carbocycles. The summed E-state index contributed by atoms with van der Waals surface area (Å²) >= 11 is 0. The molecule has 1 heterocycles. The maximum absolute atomic E-state index is 11.9. The largest absolute Gasteiger partial charge is 0.454 e. The minimum Gasteiger partial charge on any atom is -0.454 e. The number of fused-ring (bicyclic) bond motifs is 1. The monoisotopic (exact) mass is 338 g/mol. The van der Waals surface area contributed by atoms with E-state index in [0.29, 0.717) is 17.2 Å². The van der Waals surface area contributed by atoms with Gasteiger partial charge in [0.15, 0.2) is 11.5 Å². The Labute approximate surface area is 145 Å². The van der Waals surface area contributed by atoms with E-state index in [4.69, 9.17) is 9.47 Å². The third-order valence-corrected chi connectivity index (χ3v) is 3.53. The van der Waals surface area contributed by atoms with Crippen LogP contribution in [0.15, 0.2) is 54.6 Å². The molecule has 2 aromatic carbocycles. The van der Waals surface area contributed by atoms with Crippen molar-refractivity contribution in [2.45, 2.75) is 6.42 Å². The van der Waals surface area contributed by atoms with Crippen molar-refractivity contribution in [2.75, 3.05) is 18.7 Å². The average Bonchev–Trinajstić information content (AvgIpc) is 3.08. The topological polar surface area (TPSA) is 76.7 Å². The molecule has 0 radical (unpaired) electrons. The van der Waals surface area contributed by atoms with E-state index < -0.39 is 0 Å². The molecule has 128 valence electrons. The molecular formula is C19H18N2O4. The van der Waals surface area contributed by atoms with E-state index in [1.54, 1.807) is 24.3 Å². The molecule has 2 aromatic rings. The van der Waals surface area contributed by atoms with Crippen molar-refractivity contribution < 1.29 is 19.1 Å². The van der Waals surface area contributed by atoms with E-state index in [1.165, 1.54) is 6.08 Å². The number of rotatable bonds is 6. The molecule has 0 spiro atoms. The highest BCUT2D eigenvalue weighted by Gasteiger charge is 2.14.